The van der Waals surface area contributed by atoms with E-state index in [-0.39, 0.29) is 12.5 Å². The van der Waals surface area contributed by atoms with Crippen LogP contribution in [-0.2, 0) is 4.79 Å². The summed E-state index contributed by atoms with van der Waals surface area (Å²) in [5, 5.41) is 16.0. The van der Waals surface area contributed by atoms with Crippen molar-refractivity contribution in [1.82, 2.24) is 4.90 Å². The molecule has 0 aliphatic carbocycles. The lowest BCUT2D eigenvalue weighted by Gasteiger charge is -2.20. The van der Waals surface area contributed by atoms with E-state index in [4.69, 9.17) is 16.2 Å². The van der Waals surface area contributed by atoms with Crippen molar-refractivity contribution in [1.29, 1.82) is 5.41 Å². The van der Waals surface area contributed by atoms with E-state index >= 15 is 0 Å². The van der Waals surface area contributed by atoms with E-state index in [1.165, 1.54) is 62.7 Å². The summed E-state index contributed by atoms with van der Waals surface area (Å²) < 4.78 is 0. The van der Waals surface area contributed by atoms with Gasteiger partial charge in [-0.15, -0.1) is 0 Å². The van der Waals surface area contributed by atoms with Crippen molar-refractivity contribution in [3.8, 4) is 0 Å². The fourth-order valence-electron chi connectivity index (χ4n) is 2.41. The first kappa shape index (κ1) is 19.7. The molecule has 0 saturated carbocycles. The molecule has 5 heteroatoms. The van der Waals surface area contributed by atoms with Gasteiger partial charge in [-0.3, -0.25) is 10.2 Å². The van der Waals surface area contributed by atoms with Gasteiger partial charge in [0.2, 0.25) is 0 Å². The lowest BCUT2D eigenvalue weighted by atomic mass is 10.1. The Kier molecular flexibility index (Phi) is 12.9. The van der Waals surface area contributed by atoms with Crippen LogP contribution in [0.5, 0.6) is 0 Å². The molecule has 21 heavy (non-hydrogen) atoms. The summed E-state index contributed by atoms with van der Waals surface area (Å²) in [6.07, 6.45) is 13.8. The molecule has 124 valence electrons. The highest BCUT2D eigenvalue weighted by Gasteiger charge is 2.09. The first-order chi connectivity index (χ1) is 10.1. The number of aliphatic carboxylic acids is 1. The second kappa shape index (κ2) is 13.7. The Morgan fingerprint density at radius 3 is 1.76 bits per heavy atom. The monoisotopic (exact) mass is 299 g/mol. The summed E-state index contributed by atoms with van der Waals surface area (Å²) in [5.41, 5.74) is 5.36. The van der Waals surface area contributed by atoms with Gasteiger partial charge in [-0.1, -0.05) is 71.1 Å². The van der Waals surface area contributed by atoms with Crippen LogP contribution in [0.1, 0.15) is 77.6 Å². The molecule has 0 fully saturated rings. The maximum absolute atomic E-state index is 10.6. The minimum atomic E-state index is -0.937. The van der Waals surface area contributed by atoms with E-state index < -0.39 is 5.97 Å². The highest BCUT2D eigenvalue weighted by atomic mass is 16.4. The summed E-state index contributed by atoms with van der Waals surface area (Å²) in [6.45, 7) is 2.63. The van der Waals surface area contributed by atoms with Crippen molar-refractivity contribution in [3.63, 3.8) is 0 Å². The summed E-state index contributed by atoms with van der Waals surface area (Å²) in [4.78, 5) is 12.0. The highest BCUT2D eigenvalue weighted by molar-refractivity contribution is 5.80. The maximum atomic E-state index is 10.6. The zero-order valence-corrected chi connectivity index (χ0v) is 13.6. The van der Waals surface area contributed by atoms with E-state index in [1.807, 2.05) is 0 Å². The second-order valence-corrected chi connectivity index (χ2v) is 5.74. The molecule has 0 aromatic rings. The fraction of sp³-hybridized carbons (Fsp3) is 0.875. The van der Waals surface area contributed by atoms with Gasteiger partial charge in [0.25, 0.3) is 0 Å². The third-order valence-corrected chi connectivity index (χ3v) is 3.70. The lowest BCUT2D eigenvalue weighted by molar-refractivity contribution is -0.137. The molecular weight excluding hydrogens is 266 g/mol. The van der Waals surface area contributed by atoms with Crippen LogP contribution in [0.3, 0.4) is 0 Å². The van der Waals surface area contributed by atoms with E-state index in [0.717, 1.165) is 12.8 Å². The van der Waals surface area contributed by atoms with E-state index in [9.17, 15) is 4.79 Å². The molecule has 0 amide bonds. The smallest absolute Gasteiger partial charge is 0.323 e. The minimum Gasteiger partial charge on any atom is -0.480 e. The number of hydrogen-bond donors (Lipinski definition) is 3. The number of unbranched alkanes of at least 4 members (excludes halogenated alkanes) is 10. The van der Waals surface area contributed by atoms with Crippen molar-refractivity contribution in [3.05, 3.63) is 0 Å². The largest absolute Gasteiger partial charge is 0.480 e. The van der Waals surface area contributed by atoms with Gasteiger partial charge in [0.05, 0.1) is 0 Å². The Balaban J connectivity index is 3.38. The molecule has 4 N–H and O–H groups in total. The SMILES string of the molecule is CCCCCCCCCCCCCN(CC(=O)O)C(=N)N. The number of hydrogen-bond acceptors (Lipinski definition) is 2. The molecular formula is C16H33N3O2. The van der Waals surface area contributed by atoms with Crippen LogP contribution in [0.15, 0.2) is 0 Å². The molecule has 0 atom stereocenters. The molecule has 0 rings (SSSR count). The molecule has 0 aromatic carbocycles. The Hall–Kier alpha value is -1.26. The number of guanidine groups is 1. The van der Waals surface area contributed by atoms with Gasteiger partial charge < -0.3 is 15.7 Å². The number of carbonyl (C=O) groups is 1. The maximum Gasteiger partial charge on any atom is 0.323 e. The number of nitrogens with one attached hydrogen (secondary N) is 1. The molecule has 5 nitrogen and oxygen atoms in total. The van der Waals surface area contributed by atoms with E-state index in [0.29, 0.717) is 6.54 Å². The van der Waals surface area contributed by atoms with Crippen LogP contribution >= 0.6 is 0 Å². The van der Waals surface area contributed by atoms with Crippen LogP contribution in [0.25, 0.3) is 0 Å². The van der Waals surface area contributed by atoms with Crippen LogP contribution in [0.4, 0.5) is 0 Å². The Labute approximate surface area is 129 Å². The molecule has 0 aliphatic heterocycles. The first-order valence-corrected chi connectivity index (χ1v) is 8.38. The molecule has 0 unspecified atom stereocenters. The quantitative estimate of drug-likeness (QED) is 0.260. The van der Waals surface area contributed by atoms with Gasteiger partial charge in [-0.2, -0.15) is 0 Å². The summed E-state index contributed by atoms with van der Waals surface area (Å²) in [6, 6.07) is 0. The molecule has 0 bridgehead atoms. The minimum absolute atomic E-state index is 0.149. The van der Waals surface area contributed by atoms with Crippen LogP contribution in [0.2, 0.25) is 0 Å². The number of nitrogens with zero attached hydrogens (tertiary/aromatic N) is 1. The van der Waals surface area contributed by atoms with Crippen LogP contribution in [0, 0.1) is 5.41 Å². The van der Waals surface area contributed by atoms with Gasteiger partial charge >= 0.3 is 5.97 Å². The molecule has 0 aromatic heterocycles. The van der Waals surface area contributed by atoms with Gasteiger partial charge in [-0.25, -0.2) is 0 Å². The molecule has 0 heterocycles. The average molecular weight is 299 g/mol. The second-order valence-electron chi connectivity index (χ2n) is 5.74. The van der Waals surface area contributed by atoms with Crippen molar-refractivity contribution >= 4 is 11.9 Å². The molecule has 0 aliphatic rings. The number of carboxylic acid groups (broad SMARTS) is 1. The van der Waals surface area contributed by atoms with Gasteiger partial charge in [0.15, 0.2) is 5.96 Å². The zero-order chi connectivity index (χ0) is 15.9. The first-order valence-electron chi connectivity index (χ1n) is 8.38. The van der Waals surface area contributed by atoms with Crippen LogP contribution < -0.4 is 5.73 Å². The Bertz CT molecular complexity index is 283. The van der Waals surface area contributed by atoms with Gasteiger partial charge in [0, 0.05) is 6.54 Å². The molecule has 0 radical (unpaired) electrons. The third-order valence-electron chi connectivity index (χ3n) is 3.70. The Morgan fingerprint density at radius 2 is 1.38 bits per heavy atom. The zero-order valence-electron chi connectivity index (χ0n) is 13.6. The average Bonchev–Trinajstić information content (AvgIpc) is 2.42. The predicted octanol–water partition coefficient (Wildman–Crippen LogP) is 3.58. The van der Waals surface area contributed by atoms with Gasteiger partial charge in [0.1, 0.15) is 6.54 Å². The number of carboxylic acids is 1. The standard InChI is InChI=1S/C16H33N3O2/c1-2-3-4-5-6-7-8-9-10-11-12-13-19(16(17)18)14-15(20)21/h2-14H2,1H3,(H3,17,18)(H,20,21). The lowest BCUT2D eigenvalue weighted by Crippen LogP contribution is -2.40. The normalized spacial score (nSPS) is 10.5. The molecule has 0 spiro atoms. The topological polar surface area (TPSA) is 90.4 Å². The van der Waals surface area contributed by atoms with Crippen molar-refractivity contribution < 1.29 is 9.90 Å². The highest BCUT2D eigenvalue weighted by Crippen LogP contribution is 2.11. The molecule has 0 saturated heterocycles. The number of rotatable bonds is 14. The number of nitrogens with two attached hydrogens (primary N) is 1. The summed E-state index contributed by atoms with van der Waals surface area (Å²) in [7, 11) is 0. The summed E-state index contributed by atoms with van der Waals surface area (Å²) in [5.74, 6) is -1.09. The Morgan fingerprint density at radius 1 is 0.952 bits per heavy atom. The third kappa shape index (κ3) is 13.5. The van der Waals surface area contributed by atoms with E-state index in [1.54, 1.807) is 0 Å². The van der Waals surface area contributed by atoms with Gasteiger partial charge in [-0.05, 0) is 6.42 Å². The van der Waals surface area contributed by atoms with Crippen LogP contribution in [-0.4, -0.2) is 35.0 Å². The predicted molar refractivity (Wildman–Crippen MR) is 87.6 cm³/mol. The van der Waals surface area contributed by atoms with E-state index in [2.05, 4.69) is 6.92 Å². The summed E-state index contributed by atoms with van der Waals surface area (Å²) >= 11 is 0. The fourth-order valence-corrected chi connectivity index (χ4v) is 2.41. The van der Waals surface area contributed by atoms with Crippen molar-refractivity contribution in [2.75, 3.05) is 13.1 Å². The van der Waals surface area contributed by atoms with Crippen molar-refractivity contribution in [2.24, 2.45) is 5.73 Å². The van der Waals surface area contributed by atoms with Crippen molar-refractivity contribution in [2.45, 2.75) is 77.6 Å².